The fourth-order valence-corrected chi connectivity index (χ4v) is 3.38. The summed E-state index contributed by atoms with van der Waals surface area (Å²) < 4.78 is 0. The molecule has 18 heavy (non-hydrogen) atoms. The van der Waals surface area contributed by atoms with Gasteiger partial charge >= 0.3 is 0 Å². The van der Waals surface area contributed by atoms with Crippen LogP contribution in [0.15, 0.2) is 12.4 Å². The molecule has 0 amide bonds. The Hall–Kier alpha value is -0.870. The van der Waals surface area contributed by atoms with Gasteiger partial charge in [-0.1, -0.05) is 0 Å². The monoisotopic (exact) mass is 248 g/mol. The molecule has 1 unspecified atom stereocenters. The van der Waals surface area contributed by atoms with E-state index in [4.69, 9.17) is 0 Å². The summed E-state index contributed by atoms with van der Waals surface area (Å²) in [7, 11) is 0. The molecule has 3 rings (SSSR count). The first-order valence-corrected chi connectivity index (χ1v) is 7.33. The average Bonchev–Trinajstić information content (AvgIpc) is 2.95. The molecule has 2 N–H and O–H groups in total. The van der Waals surface area contributed by atoms with Gasteiger partial charge in [-0.05, 0) is 69.3 Å². The number of likely N-dealkylation sites (tertiary alicyclic amines) is 1. The van der Waals surface area contributed by atoms with Crippen LogP contribution in [0.2, 0.25) is 0 Å². The zero-order valence-corrected chi connectivity index (χ0v) is 11.1. The molecule has 3 heterocycles. The molecule has 1 aromatic heterocycles. The van der Waals surface area contributed by atoms with Gasteiger partial charge in [0, 0.05) is 12.7 Å². The molecule has 0 aliphatic carbocycles. The molecule has 0 saturated carbocycles. The fourth-order valence-electron chi connectivity index (χ4n) is 3.38. The van der Waals surface area contributed by atoms with Crippen LogP contribution in [0, 0.1) is 5.92 Å². The summed E-state index contributed by atoms with van der Waals surface area (Å²) in [5.41, 5.74) is 1.40. The Bertz CT molecular complexity index is 335. The van der Waals surface area contributed by atoms with Crippen LogP contribution in [0.5, 0.6) is 0 Å². The second-order valence-corrected chi connectivity index (χ2v) is 5.82. The van der Waals surface area contributed by atoms with Crippen LogP contribution in [0.1, 0.15) is 37.2 Å². The second kappa shape index (κ2) is 5.85. The van der Waals surface area contributed by atoms with Gasteiger partial charge in [0.25, 0.3) is 0 Å². The predicted octanol–water partition coefficient (Wildman–Crippen LogP) is 1.59. The minimum Gasteiger partial charge on any atom is -0.316 e. The van der Waals surface area contributed by atoms with Crippen LogP contribution in [0.3, 0.4) is 0 Å². The van der Waals surface area contributed by atoms with Crippen molar-refractivity contribution in [3.05, 3.63) is 18.0 Å². The second-order valence-electron chi connectivity index (χ2n) is 5.82. The van der Waals surface area contributed by atoms with Crippen molar-refractivity contribution in [2.75, 3.05) is 32.7 Å². The Kier molecular flexibility index (Phi) is 3.96. The molecule has 2 saturated heterocycles. The van der Waals surface area contributed by atoms with Crippen molar-refractivity contribution in [1.29, 1.82) is 0 Å². The highest BCUT2D eigenvalue weighted by Crippen LogP contribution is 2.27. The quantitative estimate of drug-likeness (QED) is 0.854. The maximum atomic E-state index is 4.06. The molecule has 1 aromatic rings. The van der Waals surface area contributed by atoms with Gasteiger partial charge in [0.2, 0.25) is 0 Å². The number of nitrogens with one attached hydrogen (secondary N) is 2. The predicted molar refractivity (Wildman–Crippen MR) is 72.6 cm³/mol. The summed E-state index contributed by atoms with van der Waals surface area (Å²) in [6, 6.07) is 0. The fraction of sp³-hybridized carbons (Fsp3) is 0.786. The molecule has 0 aromatic carbocycles. The van der Waals surface area contributed by atoms with E-state index in [1.165, 1.54) is 64.0 Å². The standard InChI is InChI=1S/C14H24N4/c1-2-12(8-15-5-1)11-18-6-3-13(4-7-18)14-9-16-17-10-14/h9-10,12-13,15H,1-8,11H2,(H,16,17). The van der Waals surface area contributed by atoms with Gasteiger partial charge in [0.1, 0.15) is 0 Å². The van der Waals surface area contributed by atoms with Crippen molar-refractivity contribution in [3.8, 4) is 0 Å². The molecule has 2 aliphatic heterocycles. The first kappa shape index (κ1) is 12.2. The first-order valence-electron chi connectivity index (χ1n) is 7.33. The smallest absolute Gasteiger partial charge is 0.0522 e. The number of aromatic amines is 1. The van der Waals surface area contributed by atoms with Gasteiger partial charge < -0.3 is 10.2 Å². The zero-order valence-electron chi connectivity index (χ0n) is 11.1. The molecule has 0 radical (unpaired) electrons. The number of hydrogen-bond donors (Lipinski definition) is 2. The minimum atomic E-state index is 0.726. The van der Waals surface area contributed by atoms with E-state index in [0.717, 1.165) is 11.8 Å². The maximum Gasteiger partial charge on any atom is 0.0522 e. The normalized spacial score (nSPS) is 27.4. The number of H-pyrrole nitrogens is 1. The number of aromatic nitrogens is 2. The first-order chi connectivity index (χ1) is 8.92. The van der Waals surface area contributed by atoms with Crippen molar-refractivity contribution in [2.45, 2.75) is 31.6 Å². The summed E-state index contributed by atoms with van der Waals surface area (Å²) in [6.07, 6.45) is 9.40. The Morgan fingerprint density at radius 2 is 2.17 bits per heavy atom. The molecule has 2 aliphatic rings. The van der Waals surface area contributed by atoms with Crippen molar-refractivity contribution in [2.24, 2.45) is 5.92 Å². The lowest BCUT2D eigenvalue weighted by atomic mass is 9.90. The van der Waals surface area contributed by atoms with Crippen LogP contribution in [0.25, 0.3) is 0 Å². The SMILES string of the molecule is c1n[nH]cc1C1CCN(CC2CCCNC2)CC1. The summed E-state index contributed by atoms with van der Waals surface area (Å²) in [5.74, 6) is 1.61. The van der Waals surface area contributed by atoms with E-state index in [0.29, 0.717) is 0 Å². The van der Waals surface area contributed by atoms with Gasteiger partial charge in [-0.15, -0.1) is 0 Å². The van der Waals surface area contributed by atoms with E-state index < -0.39 is 0 Å². The lowest BCUT2D eigenvalue weighted by Gasteiger charge is -2.35. The van der Waals surface area contributed by atoms with E-state index in [-0.39, 0.29) is 0 Å². The van der Waals surface area contributed by atoms with Gasteiger partial charge in [-0.2, -0.15) is 5.10 Å². The van der Waals surface area contributed by atoms with Gasteiger partial charge in [0.15, 0.2) is 0 Å². The average molecular weight is 248 g/mol. The third-order valence-corrected chi connectivity index (χ3v) is 4.49. The van der Waals surface area contributed by atoms with E-state index in [1.807, 2.05) is 6.20 Å². The van der Waals surface area contributed by atoms with Gasteiger partial charge in [-0.3, -0.25) is 5.10 Å². The molecule has 0 bridgehead atoms. The van der Waals surface area contributed by atoms with E-state index >= 15 is 0 Å². The lowest BCUT2D eigenvalue weighted by Crippen LogP contribution is -2.41. The third kappa shape index (κ3) is 2.93. The lowest BCUT2D eigenvalue weighted by molar-refractivity contribution is 0.169. The topological polar surface area (TPSA) is 44.0 Å². The van der Waals surface area contributed by atoms with Crippen molar-refractivity contribution in [1.82, 2.24) is 20.4 Å². The number of hydrogen-bond acceptors (Lipinski definition) is 3. The van der Waals surface area contributed by atoms with E-state index in [9.17, 15) is 0 Å². The molecule has 4 heteroatoms. The van der Waals surface area contributed by atoms with Crippen LogP contribution in [-0.4, -0.2) is 47.8 Å². The minimum absolute atomic E-state index is 0.726. The molecular weight excluding hydrogens is 224 g/mol. The number of nitrogens with zero attached hydrogens (tertiary/aromatic N) is 2. The Labute approximate surface area is 109 Å². The van der Waals surface area contributed by atoms with Crippen molar-refractivity contribution < 1.29 is 0 Å². The van der Waals surface area contributed by atoms with Crippen molar-refractivity contribution in [3.63, 3.8) is 0 Å². The Morgan fingerprint density at radius 1 is 1.28 bits per heavy atom. The molecule has 100 valence electrons. The number of rotatable bonds is 3. The maximum absolute atomic E-state index is 4.06. The number of piperidine rings is 2. The molecule has 2 fully saturated rings. The summed E-state index contributed by atoms with van der Waals surface area (Å²) in [6.45, 7) is 6.25. The van der Waals surface area contributed by atoms with Gasteiger partial charge in [-0.25, -0.2) is 0 Å². The van der Waals surface area contributed by atoms with E-state index in [2.05, 4.69) is 26.6 Å². The van der Waals surface area contributed by atoms with Crippen molar-refractivity contribution >= 4 is 0 Å². The van der Waals surface area contributed by atoms with Crippen LogP contribution in [0.4, 0.5) is 0 Å². The van der Waals surface area contributed by atoms with E-state index in [1.54, 1.807) is 0 Å². The molecule has 4 nitrogen and oxygen atoms in total. The largest absolute Gasteiger partial charge is 0.316 e. The van der Waals surface area contributed by atoms with Gasteiger partial charge in [0.05, 0.1) is 6.20 Å². The highest BCUT2D eigenvalue weighted by molar-refractivity contribution is 5.11. The zero-order chi connectivity index (χ0) is 12.2. The summed E-state index contributed by atoms with van der Waals surface area (Å²) >= 11 is 0. The summed E-state index contributed by atoms with van der Waals surface area (Å²) in [4.78, 5) is 2.66. The summed E-state index contributed by atoms with van der Waals surface area (Å²) in [5, 5.41) is 10.5. The Balaban J connectivity index is 1.45. The van der Waals surface area contributed by atoms with Crippen LogP contribution >= 0.6 is 0 Å². The molecular formula is C14H24N4. The highest BCUT2D eigenvalue weighted by atomic mass is 15.1. The molecule has 1 atom stereocenters. The van der Waals surface area contributed by atoms with Crippen LogP contribution < -0.4 is 5.32 Å². The highest BCUT2D eigenvalue weighted by Gasteiger charge is 2.23. The Morgan fingerprint density at radius 3 is 2.83 bits per heavy atom. The third-order valence-electron chi connectivity index (χ3n) is 4.49. The molecule has 0 spiro atoms. The van der Waals surface area contributed by atoms with Crippen LogP contribution in [-0.2, 0) is 0 Å².